The summed E-state index contributed by atoms with van der Waals surface area (Å²) < 4.78 is 0.772. The number of carbonyl (C=O) groups excluding carboxylic acids is 2. The average Bonchev–Trinajstić information content (AvgIpc) is 2.69. The Kier molecular flexibility index (Phi) is 7.01. The highest BCUT2D eigenvalue weighted by Crippen LogP contribution is 2.26. The molecule has 0 radical (unpaired) electrons. The highest BCUT2D eigenvalue weighted by Gasteiger charge is 2.14. The number of hydrogen-bond donors (Lipinski definition) is 3. The van der Waals surface area contributed by atoms with E-state index in [4.69, 9.17) is 0 Å². The van der Waals surface area contributed by atoms with Crippen molar-refractivity contribution in [3.63, 3.8) is 0 Å². The number of anilines is 2. The first kappa shape index (κ1) is 21.7. The van der Waals surface area contributed by atoms with Gasteiger partial charge in [-0.3, -0.25) is 19.4 Å². The van der Waals surface area contributed by atoms with Gasteiger partial charge in [0.25, 0.3) is 5.56 Å². The molecule has 154 valence electrons. The molecule has 0 spiro atoms. The van der Waals surface area contributed by atoms with Crippen LogP contribution in [0.4, 0.5) is 11.4 Å². The molecule has 8 nitrogen and oxygen atoms in total. The molecule has 0 aliphatic carbocycles. The molecule has 2 amide bonds. The number of aryl methyl sites for hydroxylation is 1. The van der Waals surface area contributed by atoms with Crippen LogP contribution in [0.15, 0.2) is 56.9 Å². The number of aromatic nitrogens is 3. The minimum atomic E-state index is -0.462. The maximum Gasteiger partial charge on any atom is 0.278 e. The zero-order valence-corrected chi connectivity index (χ0v) is 18.6. The number of para-hydroxylation sites is 1. The summed E-state index contributed by atoms with van der Waals surface area (Å²) in [5.74, 6) is -0.453. The largest absolute Gasteiger partial charge is 0.326 e. The van der Waals surface area contributed by atoms with Crippen molar-refractivity contribution in [3.8, 4) is 11.3 Å². The maximum absolute atomic E-state index is 12.6. The number of thioether (sulfide) groups is 1. The number of nitrogens with one attached hydrogen (secondary N) is 3. The topological polar surface area (TPSA) is 117 Å². The summed E-state index contributed by atoms with van der Waals surface area (Å²) in [6.45, 7) is 3.26. The van der Waals surface area contributed by atoms with E-state index in [0.717, 1.165) is 21.8 Å². The molecule has 0 bridgehead atoms. The number of benzene rings is 2. The second-order valence-electron chi connectivity index (χ2n) is 6.35. The molecule has 0 saturated heterocycles. The van der Waals surface area contributed by atoms with Crippen LogP contribution in [0.25, 0.3) is 11.3 Å². The van der Waals surface area contributed by atoms with Gasteiger partial charge in [-0.25, -0.2) is 0 Å². The van der Waals surface area contributed by atoms with Gasteiger partial charge in [-0.1, -0.05) is 35.5 Å². The van der Waals surface area contributed by atoms with E-state index in [1.807, 2.05) is 31.2 Å². The highest BCUT2D eigenvalue weighted by molar-refractivity contribution is 9.10. The summed E-state index contributed by atoms with van der Waals surface area (Å²) in [6.07, 6.45) is 0. The molecule has 1 aromatic heterocycles. The lowest BCUT2D eigenvalue weighted by atomic mass is 10.1. The normalized spacial score (nSPS) is 10.5. The molecule has 2 aromatic carbocycles. The standard InChI is InChI=1S/C20H18BrN5O3S/c1-11-7-8-15(22-12(2)27)13(9-11)18-19(29)24-20(26-25-18)30-10-17(28)23-16-6-4-3-5-14(16)21/h3-9H,10H2,1-2H3,(H,22,27)(H,23,28)(H,24,26,29). The van der Waals surface area contributed by atoms with Gasteiger partial charge in [-0.05, 0) is 47.1 Å². The van der Waals surface area contributed by atoms with E-state index in [9.17, 15) is 14.4 Å². The number of H-pyrrole nitrogens is 1. The molecule has 3 rings (SSSR count). The Morgan fingerprint density at radius 3 is 2.57 bits per heavy atom. The van der Waals surface area contributed by atoms with Crippen LogP contribution in [0.5, 0.6) is 0 Å². The molecule has 0 fully saturated rings. The summed E-state index contributed by atoms with van der Waals surface area (Å²) in [7, 11) is 0. The second-order valence-corrected chi connectivity index (χ2v) is 8.17. The van der Waals surface area contributed by atoms with E-state index in [1.54, 1.807) is 18.2 Å². The summed E-state index contributed by atoms with van der Waals surface area (Å²) in [5, 5.41) is 13.7. The van der Waals surface area contributed by atoms with Crippen LogP contribution in [-0.2, 0) is 9.59 Å². The van der Waals surface area contributed by atoms with Crippen molar-refractivity contribution in [2.45, 2.75) is 19.0 Å². The van der Waals surface area contributed by atoms with Crippen LogP contribution in [-0.4, -0.2) is 32.7 Å². The van der Waals surface area contributed by atoms with E-state index in [0.29, 0.717) is 16.9 Å². The zero-order chi connectivity index (χ0) is 21.7. The third-order valence-electron chi connectivity index (χ3n) is 3.91. The summed E-state index contributed by atoms with van der Waals surface area (Å²) in [4.78, 5) is 38.8. The Morgan fingerprint density at radius 1 is 1.10 bits per heavy atom. The number of carbonyl (C=O) groups is 2. The van der Waals surface area contributed by atoms with E-state index in [2.05, 4.69) is 41.7 Å². The molecular weight excluding hydrogens is 470 g/mol. The lowest BCUT2D eigenvalue weighted by Gasteiger charge is -2.10. The molecule has 30 heavy (non-hydrogen) atoms. The molecule has 1 heterocycles. The van der Waals surface area contributed by atoms with Gasteiger partial charge in [-0.15, -0.1) is 10.2 Å². The van der Waals surface area contributed by atoms with Gasteiger partial charge in [0.1, 0.15) is 0 Å². The van der Waals surface area contributed by atoms with Gasteiger partial charge >= 0.3 is 0 Å². The first-order valence-corrected chi connectivity index (χ1v) is 10.6. The molecule has 3 aromatic rings. The van der Waals surface area contributed by atoms with Gasteiger partial charge in [0, 0.05) is 17.0 Å². The fourth-order valence-corrected chi connectivity index (χ4v) is 3.59. The van der Waals surface area contributed by atoms with Crippen molar-refractivity contribution in [2.24, 2.45) is 0 Å². The lowest BCUT2D eigenvalue weighted by molar-refractivity contribution is -0.114. The lowest BCUT2D eigenvalue weighted by Crippen LogP contribution is -2.18. The van der Waals surface area contributed by atoms with Gasteiger partial charge in [0.15, 0.2) is 10.9 Å². The van der Waals surface area contributed by atoms with Crippen molar-refractivity contribution < 1.29 is 9.59 Å². The van der Waals surface area contributed by atoms with Crippen LogP contribution < -0.4 is 16.2 Å². The van der Waals surface area contributed by atoms with Gasteiger partial charge in [-0.2, -0.15) is 0 Å². The van der Waals surface area contributed by atoms with Crippen LogP contribution >= 0.6 is 27.7 Å². The Morgan fingerprint density at radius 2 is 1.87 bits per heavy atom. The third-order valence-corrected chi connectivity index (χ3v) is 5.46. The Hall–Kier alpha value is -2.98. The first-order valence-electron chi connectivity index (χ1n) is 8.86. The summed E-state index contributed by atoms with van der Waals surface area (Å²) >= 11 is 4.43. The van der Waals surface area contributed by atoms with Crippen molar-refractivity contribution in [2.75, 3.05) is 16.4 Å². The molecule has 3 N–H and O–H groups in total. The van der Waals surface area contributed by atoms with Crippen molar-refractivity contribution >= 4 is 50.9 Å². The average molecular weight is 488 g/mol. The van der Waals surface area contributed by atoms with Gasteiger partial charge in [0.2, 0.25) is 11.8 Å². The van der Waals surface area contributed by atoms with E-state index in [1.165, 1.54) is 6.92 Å². The van der Waals surface area contributed by atoms with Gasteiger partial charge in [0.05, 0.1) is 17.1 Å². The van der Waals surface area contributed by atoms with Crippen molar-refractivity contribution in [1.82, 2.24) is 15.2 Å². The van der Waals surface area contributed by atoms with Crippen LogP contribution in [0, 0.1) is 6.92 Å². The number of nitrogens with zero attached hydrogens (tertiary/aromatic N) is 2. The van der Waals surface area contributed by atoms with E-state index >= 15 is 0 Å². The monoisotopic (exact) mass is 487 g/mol. The van der Waals surface area contributed by atoms with Gasteiger partial charge < -0.3 is 10.6 Å². The van der Waals surface area contributed by atoms with Crippen LogP contribution in [0.2, 0.25) is 0 Å². The summed E-state index contributed by atoms with van der Waals surface area (Å²) in [6, 6.07) is 12.6. The Labute approximate surface area is 185 Å². The number of halogens is 1. The Balaban J connectivity index is 1.74. The fourth-order valence-electron chi connectivity index (χ4n) is 2.60. The smallest absolute Gasteiger partial charge is 0.278 e. The molecule has 0 aliphatic heterocycles. The third kappa shape index (κ3) is 5.55. The first-order chi connectivity index (χ1) is 14.3. The fraction of sp³-hybridized carbons (Fsp3) is 0.150. The molecule has 0 aliphatic rings. The van der Waals surface area contributed by atoms with Crippen LogP contribution in [0.1, 0.15) is 12.5 Å². The predicted molar refractivity (Wildman–Crippen MR) is 121 cm³/mol. The van der Waals surface area contributed by atoms with E-state index in [-0.39, 0.29) is 28.4 Å². The Bertz CT molecular complexity index is 1170. The minimum absolute atomic E-state index is 0.0485. The minimum Gasteiger partial charge on any atom is -0.326 e. The molecular formula is C20H18BrN5O3S. The summed E-state index contributed by atoms with van der Waals surface area (Å²) in [5.41, 5.74) is 2.13. The maximum atomic E-state index is 12.6. The molecule has 0 unspecified atom stereocenters. The number of amides is 2. The number of rotatable bonds is 6. The SMILES string of the molecule is CC(=O)Nc1ccc(C)cc1-c1nnc(SCC(=O)Nc2ccccc2Br)[nH]c1=O. The second kappa shape index (κ2) is 9.68. The zero-order valence-electron chi connectivity index (χ0n) is 16.2. The quantitative estimate of drug-likeness (QED) is 0.457. The molecule has 10 heteroatoms. The molecule has 0 saturated carbocycles. The predicted octanol–water partition coefficient (Wildman–Crippen LogP) is 3.59. The van der Waals surface area contributed by atoms with Crippen molar-refractivity contribution in [1.29, 1.82) is 0 Å². The van der Waals surface area contributed by atoms with E-state index < -0.39 is 5.56 Å². The highest BCUT2D eigenvalue weighted by atomic mass is 79.9. The molecule has 0 atom stereocenters. The van der Waals surface area contributed by atoms with Crippen molar-refractivity contribution in [3.05, 3.63) is 62.9 Å². The number of hydrogen-bond acceptors (Lipinski definition) is 6. The number of aromatic amines is 1. The van der Waals surface area contributed by atoms with Crippen LogP contribution in [0.3, 0.4) is 0 Å².